The second-order valence-corrected chi connectivity index (χ2v) is 19.4. The van der Waals surface area contributed by atoms with Crippen LogP contribution < -0.4 is 11.1 Å². The molecule has 3 amide bonds. The molecule has 19 heteroatoms. The number of hydrogen-bond acceptors (Lipinski definition) is 14. The van der Waals surface area contributed by atoms with Crippen molar-refractivity contribution in [3.8, 4) is 0 Å². The van der Waals surface area contributed by atoms with Gasteiger partial charge < -0.3 is 45.3 Å². The van der Waals surface area contributed by atoms with E-state index in [9.17, 15) is 41.5 Å². The first-order valence-corrected chi connectivity index (χ1v) is 19.5. The van der Waals surface area contributed by atoms with Gasteiger partial charge in [-0.25, -0.2) is 9.59 Å². The quantitative estimate of drug-likeness (QED) is 0.167. The van der Waals surface area contributed by atoms with E-state index in [2.05, 4.69) is 14.5 Å². The van der Waals surface area contributed by atoms with E-state index in [1.54, 1.807) is 31.2 Å². The third-order valence-electron chi connectivity index (χ3n) is 9.32. The van der Waals surface area contributed by atoms with Crippen LogP contribution in [0.5, 0.6) is 0 Å². The number of aryl methyl sites for hydroxylation is 1. The fourth-order valence-electron chi connectivity index (χ4n) is 6.37. The van der Waals surface area contributed by atoms with E-state index in [1.165, 1.54) is 61.9 Å². The SMILES string of the molecule is COC(=O)[C@H]1N2C(=O)[C@@H](NC(=O)C(N)c3ccccc3)[C@H]2SC1(C)C.Cc1ccc(S(=O)(=O)OOC(=O)[C@@H]2N3C(=O)C[C@H]3S([O-])([O-])C2(C)C)cc1. The summed E-state index contributed by atoms with van der Waals surface area (Å²) in [5.74, 6) is -2.92. The molecule has 6 atom stereocenters. The Labute approximate surface area is 300 Å². The third kappa shape index (κ3) is 6.71. The van der Waals surface area contributed by atoms with Gasteiger partial charge in [0.15, 0.2) is 6.04 Å². The molecule has 4 heterocycles. The van der Waals surface area contributed by atoms with Crippen LogP contribution in [0.3, 0.4) is 0 Å². The van der Waals surface area contributed by atoms with Gasteiger partial charge in [-0.05, 0) is 56.6 Å². The summed E-state index contributed by atoms with van der Waals surface area (Å²) in [6.07, 6.45) is -0.210. The van der Waals surface area contributed by atoms with Gasteiger partial charge in [0, 0.05) is 9.49 Å². The first-order chi connectivity index (χ1) is 23.7. The van der Waals surface area contributed by atoms with Crippen molar-refractivity contribution in [3.05, 3.63) is 65.7 Å². The van der Waals surface area contributed by atoms with E-state index in [-0.39, 0.29) is 22.6 Å². The predicted molar refractivity (Wildman–Crippen MR) is 181 cm³/mol. The summed E-state index contributed by atoms with van der Waals surface area (Å²) in [4.78, 5) is 67.6. The van der Waals surface area contributed by atoms with E-state index >= 15 is 0 Å². The first kappa shape index (κ1) is 38.5. The molecule has 0 radical (unpaired) electrons. The number of thioether (sulfide) groups is 1. The van der Waals surface area contributed by atoms with Gasteiger partial charge in [-0.15, -0.1) is 11.8 Å². The number of hydrogen-bond donors (Lipinski definition) is 2. The smallest absolute Gasteiger partial charge is 0.368 e. The number of sulfone groups is 1. The van der Waals surface area contributed by atoms with Crippen molar-refractivity contribution in [2.24, 2.45) is 5.73 Å². The Hall–Kier alpha value is -3.72. The van der Waals surface area contributed by atoms with E-state index in [0.29, 0.717) is 5.56 Å². The average Bonchev–Trinajstić information content (AvgIpc) is 3.40. The van der Waals surface area contributed by atoms with Gasteiger partial charge in [-0.2, -0.15) is 8.42 Å². The zero-order chi connectivity index (χ0) is 37.8. The molecule has 1 unspecified atom stereocenters. The van der Waals surface area contributed by atoms with Gasteiger partial charge >= 0.3 is 22.1 Å². The number of carbonyl (C=O) groups is 5. The molecule has 6 rings (SSSR count). The highest BCUT2D eigenvalue weighted by molar-refractivity contribution is 8.26. The Kier molecular flexibility index (Phi) is 10.3. The number of esters is 1. The lowest BCUT2D eigenvalue weighted by molar-refractivity contribution is -0.219. The summed E-state index contributed by atoms with van der Waals surface area (Å²) in [7, 11) is -6.89. The number of benzene rings is 2. The molecule has 2 aromatic carbocycles. The summed E-state index contributed by atoms with van der Waals surface area (Å²) in [5, 5.41) is 1.33. The highest BCUT2D eigenvalue weighted by Crippen LogP contribution is 2.68. The molecule has 0 aromatic heterocycles. The van der Waals surface area contributed by atoms with E-state index < -0.39 is 83.5 Å². The van der Waals surface area contributed by atoms with Crippen LogP contribution in [0.4, 0.5) is 0 Å². The molecule has 2 aromatic rings. The molecular formula is C32H38N4O12S3-2. The lowest BCUT2D eigenvalue weighted by Crippen LogP contribution is -2.71. The van der Waals surface area contributed by atoms with Crippen LogP contribution in [-0.2, 0) is 48.0 Å². The molecule has 51 heavy (non-hydrogen) atoms. The topological polar surface area (TPSA) is 238 Å². The molecule has 4 fully saturated rings. The normalized spacial score (nSPS) is 27.7. The molecule has 3 N–H and O–H groups in total. The minimum Gasteiger partial charge on any atom is -0.798 e. The Morgan fingerprint density at radius 2 is 1.59 bits per heavy atom. The Balaban J connectivity index is 0.000000198. The van der Waals surface area contributed by atoms with Crippen LogP contribution in [0.25, 0.3) is 0 Å². The largest absolute Gasteiger partial charge is 0.798 e. The molecule has 0 bridgehead atoms. The van der Waals surface area contributed by atoms with Gasteiger partial charge in [0.1, 0.15) is 23.5 Å². The number of rotatable bonds is 8. The number of nitrogens with one attached hydrogen (secondary N) is 1. The summed E-state index contributed by atoms with van der Waals surface area (Å²) in [5.41, 5.74) is 7.48. The number of ether oxygens (including phenoxy) is 1. The molecule has 0 aliphatic carbocycles. The van der Waals surface area contributed by atoms with Crippen LogP contribution in [0, 0.1) is 6.92 Å². The Bertz CT molecular complexity index is 1840. The predicted octanol–water partition coefficient (Wildman–Crippen LogP) is 1.35. The van der Waals surface area contributed by atoms with Crippen molar-refractivity contribution in [2.45, 2.75) is 90.3 Å². The zero-order valence-electron chi connectivity index (χ0n) is 28.5. The minimum absolute atomic E-state index is 0.210. The average molecular weight is 767 g/mol. The van der Waals surface area contributed by atoms with Crippen LogP contribution >= 0.6 is 22.4 Å². The first-order valence-electron chi connectivity index (χ1n) is 15.6. The molecule has 278 valence electrons. The maximum Gasteiger partial charge on any atom is 0.368 e. The zero-order valence-corrected chi connectivity index (χ0v) is 30.9. The number of fused-ring (bicyclic) bond motifs is 2. The second kappa shape index (κ2) is 13.7. The van der Waals surface area contributed by atoms with Crippen LogP contribution in [0.15, 0.2) is 59.5 Å². The Morgan fingerprint density at radius 1 is 0.980 bits per heavy atom. The summed E-state index contributed by atoms with van der Waals surface area (Å²) < 4.78 is 56.1. The molecule has 4 aliphatic heterocycles. The van der Waals surface area contributed by atoms with Crippen molar-refractivity contribution >= 4 is 62.1 Å². The summed E-state index contributed by atoms with van der Waals surface area (Å²) in [6.45, 7) is 8.11. The minimum atomic E-state index is -4.39. The third-order valence-corrected chi connectivity index (χ3v) is 14.8. The maximum absolute atomic E-state index is 12.5. The standard InChI is InChI=1S/C17H21N3O4S.C15H19NO8S2/c1-17(2)12(16(23)24-3)20-14(22)11(15(20)25-17)19-13(21)10(18)9-7-5-4-6-8-9;1-9-4-6-10(7-5-9)26(21,22)24-23-14(18)13-15(2,3)25(19,20)12-8-11(17)16(12)13/h4-8,10-12,15H,18H2,1-3H3,(H,19,21);4-7,12-13,19-20H,8H2,1-3H3/p-2/t10?,11-,12-,15-;12-,13+/m11/s1. The molecular weight excluding hydrogens is 729 g/mol. The van der Waals surface area contributed by atoms with Crippen molar-refractivity contribution in [2.75, 3.05) is 7.11 Å². The molecule has 4 saturated heterocycles. The second-order valence-electron chi connectivity index (χ2n) is 13.4. The summed E-state index contributed by atoms with van der Waals surface area (Å²) >= 11 is 1.48. The maximum atomic E-state index is 12.5. The lowest BCUT2D eigenvalue weighted by Gasteiger charge is -2.70. The van der Waals surface area contributed by atoms with Crippen LogP contribution in [-0.4, -0.2) is 102 Å². The van der Waals surface area contributed by atoms with Crippen LogP contribution in [0.2, 0.25) is 0 Å². The molecule has 0 saturated carbocycles. The number of nitrogens with zero attached hydrogens (tertiary/aromatic N) is 2. The van der Waals surface area contributed by atoms with Gasteiger partial charge in [-0.3, -0.25) is 19.3 Å². The fourth-order valence-corrected chi connectivity index (χ4v) is 10.8. The van der Waals surface area contributed by atoms with E-state index in [4.69, 9.17) is 10.5 Å². The lowest BCUT2D eigenvalue weighted by atomic mass is 9.95. The van der Waals surface area contributed by atoms with Crippen LogP contribution in [0.1, 0.15) is 51.3 Å². The highest BCUT2D eigenvalue weighted by atomic mass is 32.3. The van der Waals surface area contributed by atoms with Crippen molar-refractivity contribution in [1.82, 2.24) is 15.1 Å². The van der Waals surface area contributed by atoms with Gasteiger partial charge in [0.05, 0.1) is 23.8 Å². The molecule has 4 aliphatic rings. The monoisotopic (exact) mass is 766 g/mol. The van der Waals surface area contributed by atoms with Gasteiger partial charge in [0.25, 0.3) is 0 Å². The highest BCUT2D eigenvalue weighted by Gasteiger charge is 2.64. The van der Waals surface area contributed by atoms with Gasteiger partial charge in [0.2, 0.25) is 17.7 Å². The Morgan fingerprint density at radius 3 is 2.16 bits per heavy atom. The number of methoxy groups -OCH3 is 1. The van der Waals surface area contributed by atoms with Crippen molar-refractivity contribution < 1.29 is 55.5 Å². The van der Waals surface area contributed by atoms with Crippen molar-refractivity contribution in [1.29, 1.82) is 0 Å². The summed E-state index contributed by atoms with van der Waals surface area (Å²) in [6, 6.07) is 10.9. The van der Waals surface area contributed by atoms with Crippen molar-refractivity contribution in [3.63, 3.8) is 0 Å². The molecule has 0 spiro atoms. The van der Waals surface area contributed by atoms with Gasteiger partial charge in [-0.1, -0.05) is 48.0 Å². The number of carbonyl (C=O) groups excluding carboxylic acids is 5. The molecule has 16 nitrogen and oxygen atoms in total. The fraction of sp³-hybridized carbons (Fsp3) is 0.469. The number of amides is 3. The number of β-lactam (4-membered cyclic amide) rings is 2. The number of nitrogens with two attached hydrogens (primary N) is 1. The van der Waals surface area contributed by atoms with E-state index in [1.807, 2.05) is 19.9 Å². The van der Waals surface area contributed by atoms with E-state index in [0.717, 1.165) is 10.5 Å².